The average Bonchev–Trinajstić information content (AvgIpc) is 3.27. The van der Waals surface area contributed by atoms with Crippen molar-refractivity contribution in [1.82, 2.24) is 24.6 Å². The molecule has 1 aromatic carbocycles. The van der Waals surface area contributed by atoms with Gasteiger partial charge < -0.3 is 33.6 Å². The Hall–Kier alpha value is -3.05. The fourth-order valence-electron chi connectivity index (χ4n) is 3.25. The first-order valence-electron chi connectivity index (χ1n) is 12.1. The first kappa shape index (κ1) is 28.5. The van der Waals surface area contributed by atoms with E-state index < -0.39 is 14.6 Å². The Morgan fingerprint density at radius 1 is 1.19 bits per heavy atom. The fraction of sp³-hybridized carbons (Fsp3) is 0.500. The Labute approximate surface area is 217 Å². The van der Waals surface area contributed by atoms with Crippen molar-refractivity contribution in [3.8, 4) is 11.6 Å². The Kier molecular flexibility index (Phi) is 10.8. The number of nitrogen functional groups attached to an aromatic ring is 1. The van der Waals surface area contributed by atoms with Gasteiger partial charge in [-0.2, -0.15) is 9.97 Å². The van der Waals surface area contributed by atoms with Gasteiger partial charge in [-0.15, -0.1) is 0 Å². The molecule has 2 aromatic heterocycles. The van der Waals surface area contributed by atoms with Crippen molar-refractivity contribution in [3.05, 3.63) is 36.7 Å². The topological polar surface area (TPSA) is 145 Å². The number of methoxy groups -OCH3 is 1. The Morgan fingerprint density at radius 2 is 1.95 bits per heavy atom. The third kappa shape index (κ3) is 8.50. The first-order chi connectivity index (χ1) is 17.8. The number of hydrogen-bond acceptors (Lipinski definition) is 11. The summed E-state index contributed by atoms with van der Waals surface area (Å²) in [6.07, 6.45) is 1.77. The number of ether oxygens (including phenoxy) is 3. The van der Waals surface area contributed by atoms with Crippen molar-refractivity contribution in [2.24, 2.45) is 0 Å². The van der Waals surface area contributed by atoms with Crippen molar-refractivity contribution >= 4 is 31.6 Å². The van der Waals surface area contributed by atoms with Gasteiger partial charge in [0.2, 0.25) is 11.8 Å². The summed E-state index contributed by atoms with van der Waals surface area (Å²) >= 11 is 0. The molecule has 3 atom stereocenters. The quantitative estimate of drug-likeness (QED) is 0.218. The second-order valence-electron chi connectivity index (χ2n) is 8.37. The summed E-state index contributed by atoms with van der Waals surface area (Å²) in [6.45, 7) is 8.38. The highest BCUT2D eigenvalue weighted by Gasteiger charge is 2.25. The number of aromatic nitrogens is 4. The monoisotopic (exact) mass is 534 g/mol. The molecule has 0 bridgehead atoms. The van der Waals surface area contributed by atoms with Crippen molar-refractivity contribution < 1.29 is 28.1 Å². The summed E-state index contributed by atoms with van der Waals surface area (Å²) in [6, 6.07) is 8.63. The molecule has 0 saturated carbocycles. The molecule has 0 fully saturated rings. The minimum absolute atomic E-state index is 0.115. The maximum Gasteiger partial charge on any atom is 0.323 e. The van der Waals surface area contributed by atoms with Crippen LogP contribution in [0.25, 0.3) is 11.2 Å². The summed E-state index contributed by atoms with van der Waals surface area (Å²) in [5.74, 6) is 0.706. The van der Waals surface area contributed by atoms with E-state index in [-0.39, 0.29) is 30.7 Å². The molecule has 0 spiro atoms. The number of rotatable bonds is 15. The van der Waals surface area contributed by atoms with Gasteiger partial charge in [0.25, 0.3) is 0 Å². The molecular weight excluding hydrogens is 499 g/mol. The number of carbonyl (C=O) groups excluding carboxylic acids is 1. The van der Waals surface area contributed by atoms with Crippen molar-refractivity contribution in [2.45, 2.75) is 58.9 Å². The first-order valence-corrected chi connectivity index (χ1v) is 13.2. The molecule has 0 amide bonds. The number of nitrogens with two attached hydrogens (primary N) is 1. The van der Waals surface area contributed by atoms with Gasteiger partial charge in [0, 0.05) is 13.7 Å². The molecular formula is C24H35N6O6P. The molecule has 0 aliphatic carbocycles. The van der Waals surface area contributed by atoms with Crippen LogP contribution in [0.1, 0.15) is 34.1 Å². The lowest BCUT2D eigenvalue weighted by Gasteiger charge is -2.24. The summed E-state index contributed by atoms with van der Waals surface area (Å²) in [7, 11) is -0.0578. The van der Waals surface area contributed by atoms with E-state index in [4.69, 9.17) is 29.0 Å². The molecule has 3 aromatic rings. The maximum atomic E-state index is 12.3. The number of carbonyl (C=O) groups is 1. The smallest absolute Gasteiger partial charge is 0.323 e. The van der Waals surface area contributed by atoms with Gasteiger partial charge in [0.1, 0.15) is 11.8 Å². The van der Waals surface area contributed by atoms with Crippen LogP contribution in [0.4, 0.5) is 5.95 Å². The van der Waals surface area contributed by atoms with Crippen LogP contribution in [0, 0.1) is 0 Å². The highest BCUT2D eigenvalue weighted by atomic mass is 31.2. The summed E-state index contributed by atoms with van der Waals surface area (Å²) in [5, 5.41) is 3.10. The van der Waals surface area contributed by atoms with Gasteiger partial charge >= 0.3 is 14.5 Å². The molecule has 3 unspecified atom stereocenters. The molecule has 202 valence electrons. The van der Waals surface area contributed by atoms with Crippen LogP contribution in [0.15, 0.2) is 36.7 Å². The number of imidazole rings is 1. The zero-order valence-electron chi connectivity index (χ0n) is 21.8. The normalized spacial score (nSPS) is 13.9. The van der Waals surface area contributed by atoms with Crippen molar-refractivity contribution in [1.29, 1.82) is 0 Å². The van der Waals surface area contributed by atoms with Gasteiger partial charge in [-0.3, -0.25) is 4.79 Å². The van der Waals surface area contributed by atoms with E-state index in [1.54, 1.807) is 34.2 Å². The lowest BCUT2D eigenvalue weighted by molar-refractivity contribution is -0.149. The highest BCUT2D eigenvalue weighted by Crippen LogP contribution is 2.36. The van der Waals surface area contributed by atoms with Crippen LogP contribution in [0.3, 0.4) is 0 Å². The van der Waals surface area contributed by atoms with Crippen molar-refractivity contribution in [3.63, 3.8) is 0 Å². The minimum atomic E-state index is -1.67. The summed E-state index contributed by atoms with van der Waals surface area (Å²) < 4.78 is 30.4. The molecule has 0 saturated heterocycles. The van der Waals surface area contributed by atoms with Crippen LogP contribution in [0.5, 0.6) is 11.6 Å². The Morgan fingerprint density at radius 3 is 2.62 bits per heavy atom. The number of aryl methyl sites for hydroxylation is 1. The standard InChI is InChI=1S/C24H35N6O6P/c1-6-33-22-20-21(27-24(25)28-22)30(15-26-20)13-12-19(32-5)14-34-37(36-18-10-8-7-9-11-18)29-17(4)23(31)35-16(2)3/h7-11,15-17,19,29H,6,12-14H2,1-5H3,(H2,25,27,28). The van der Waals surface area contributed by atoms with Gasteiger partial charge in [-0.1, -0.05) is 18.2 Å². The van der Waals surface area contributed by atoms with Crippen molar-refractivity contribution in [2.75, 3.05) is 26.1 Å². The number of nitrogens with one attached hydrogen (secondary N) is 1. The molecule has 0 aliphatic rings. The molecule has 3 rings (SSSR count). The Bertz CT molecular complexity index is 1130. The summed E-state index contributed by atoms with van der Waals surface area (Å²) in [5.41, 5.74) is 6.99. The second-order valence-corrected chi connectivity index (χ2v) is 9.58. The largest absolute Gasteiger partial charge is 0.476 e. The van der Waals surface area contributed by atoms with Crippen LogP contribution in [0.2, 0.25) is 0 Å². The van der Waals surface area contributed by atoms with Crippen LogP contribution in [-0.4, -0.2) is 64.1 Å². The number of benzene rings is 1. The maximum absolute atomic E-state index is 12.3. The Balaban J connectivity index is 1.64. The van der Waals surface area contributed by atoms with E-state index in [1.807, 2.05) is 41.8 Å². The van der Waals surface area contributed by atoms with E-state index in [2.05, 4.69) is 20.0 Å². The zero-order valence-corrected chi connectivity index (χ0v) is 22.7. The lowest BCUT2D eigenvalue weighted by Crippen LogP contribution is -2.35. The number of anilines is 1. The van der Waals surface area contributed by atoms with Gasteiger partial charge in [-0.05, 0) is 46.2 Å². The fourth-order valence-corrected chi connectivity index (χ4v) is 4.47. The number of fused-ring (bicyclic) bond motifs is 1. The molecule has 12 nitrogen and oxygen atoms in total. The van der Waals surface area contributed by atoms with Crippen LogP contribution in [-0.2, 0) is 25.3 Å². The summed E-state index contributed by atoms with van der Waals surface area (Å²) in [4.78, 5) is 25.1. The SMILES string of the molecule is CCOc1nc(N)nc2c1ncn2CCC(COP(NC(C)C(=O)OC(C)C)Oc1ccccc1)OC. The average molecular weight is 535 g/mol. The van der Waals surface area contributed by atoms with Gasteiger partial charge in [0.05, 0.1) is 31.7 Å². The van der Waals surface area contributed by atoms with E-state index in [0.717, 1.165) is 0 Å². The molecule has 0 radical (unpaired) electrons. The third-order valence-corrected chi connectivity index (χ3v) is 6.43. The predicted molar refractivity (Wildman–Crippen MR) is 140 cm³/mol. The van der Waals surface area contributed by atoms with Gasteiger partial charge in [0.15, 0.2) is 11.2 Å². The highest BCUT2D eigenvalue weighted by molar-refractivity contribution is 7.45. The number of para-hydroxylation sites is 1. The molecule has 2 heterocycles. The van der Waals surface area contributed by atoms with E-state index >= 15 is 0 Å². The number of nitrogens with zero attached hydrogens (tertiary/aromatic N) is 4. The van der Waals surface area contributed by atoms with E-state index in [1.165, 1.54) is 0 Å². The number of esters is 1. The molecule has 3 N–H and O–H groups in total. The zero-order chi connectivity index (χ0) is 26.8. The third-order valence-electron chi connectivity index (χ3n) is 5.07. The second kappa shape index (κ2) is 14.0. The number of hydrogen-bond donors (Lipinski definition) is 2. The predicted octanol–water partition coefficient (Wildman–Crippen LogP) is 3.46. The lowest BCUT2D eigenvalue weighted by atomic mass is 10.2. The van der Waals surface area contributed by atoms with Gasteiger partial charge in [-0.25, -0.2) is 10.1 Å². The van der Waals surface area contributed by atoms with Crippen LogP contribution >= 0.6 is 8.53 Å². The molecule has 37 heavy (non-hydrogen) atoms. The van der Waals surface area contributed by atoms with E-state index in [9.17, 15) is 4.79 Å². The van der Waals surface area contributed by atoms with Crippen LogP contribution < -0.4 is 20.1 Å². The van der Waals surface area contributed by atoms with E-state index in [0.29, 0.717) is 42.4 Å². The molecule has 0 aliphatic heterocycles. The molecule has 13 heteroatoms. The minimum Gasteiger partial charge on any atom is -0.476 e.